The summed E-state index contributed by atoms with van der Waals surface area (Å²) in [5, 5.41) is 0. The van der Waals surface area contributed by atoms with Gasteiger partial charge in [-0.2, -0.15) is 0 Å². The number of nitrogens with two attached hydrogens (primary N) is 1. The highest BCUT2D eigenvalue weighted by molar-refractivity contribution is 5.51. The molecule has 0 spiro atoms. The summed E-state index contributed by atoms with van der Waals surface area (Å²) in [4.78, 5) is 0. The molecule has 1 aliphatic heterocycles. The number of hydrogen-bond donors (Lipinski definition) is 1. The molecule has 0 atom stereocenters. The summed E-state index contributed by atoms with van der Waals surface area (Å²) in [7, 11) is 0. The number of nitrogen functional groups attached to an aromatic ring is 1. The van der Waals surface area contributed by atoms with Gasteiger partial charge in [-0.25, -0.2) is 0 Å². The van der Waals surface area contributed by atoms with Gasteiger partial charge in [-0.3, -0.25) is 0 Å². The summed E-state index contributed by atoms with van der Waals surface area (Å²) >= 11 is 0. The van der Waals surface area contributed by atoms with Crippen LogP contribution in [0.2, 0.25) is 0 Å². The van der Waals surface area contributed by atoms with Crippen LogP contribution in [0.1, 0.15) is 25.0 Å². The predicted octanol–water partition coefficient (Wildman–Crippen LogP) is 2.12. The Kier molecular flexibility index (Phi) is 1.81. The molecule has 0 saturated heterocycles. The largest absolute Gasteiger partial charge is 0.398 e. The molecule has 2 heteroatoms. The fourth-order valence-electron chi connectivity index (χ4n) is 1.77. The lowest BCUT2D eigenvalue weighted by atomic mass is 9.91. The monoisotopic (exact) mass is 177 g/mol. The number of benzene rings is 1. The van der Waals surface area contributed by atoms with Crippen molar-refractivity contribution in [3.05, 3.63) is 29.3 Å². The van der Waals surface area contributed by atoms with Crippen LogP contribution in [0.15, 0.2) is 18.2 Å². The highest BCUT2D eigenvalue weighted by Crippen LogP contribution is 2.30. The van der Waals surface area contributed by atoms with Crippen molar-refractivity contribution >= 4 is 5.69 Å². The van der Waals surface area contributed by atoms with Crippen molar-refractivity contribution in [1.82, 2.24) is 0 Å². The van der Waals surface area contributed by atoms with Gasteiger partial charge in [0.2, 0.25) is 0 Å². The first-order valence-corrected chi connectivity index (χ1v) is 4.59. The molecule has 0 unspecified atom stereocenters. The first-order chi connectivity index (χ1) is 6.08. The first-order valence-electron chi connectivity index (χ1n) is 4.59. The minimum absolute atomic E-state index is 0.0409. The average Bonchev–Trinajstić information content (AvgIpc) is 2.02. The number of ether oxygens (including phenoxy) is 1. The van der Waals surface area contributed by atoms with Crippen molar-refractivity contribution in [2.75, 3.05) is 5.73 Å². The van der Waals surface area contributed by atoms with Crippen LogP contribution in [0, 0.1) is 0 Å². The molecule has 70 valence electrons. The first kappa shape index (κ1) is 8.57. The molecule has 1 aromatic rings. The Morgan fingerprint density at radius 3 is 2.92 bits per heavy atom. The predicted molar refractivity (Wildman–Crippen MR) is 53.4 cm³/mol. The Hall–Kier alpha value is -1.02. The summed E-state index contributed by atoms with van der Waals surface area (Å²) < 4.78 is 5.69. The van der Waals surface area contributed by atoms with Crippen LogP contribution < -0.4 is 5.73 Å². The standard InChI is InChI=1S/C11H15NO/c1-11(2)6-8-4-3-5-10(12)9(8)7-13-11/h3-5H,6-7,12H2,1-2H3. The van der Waals surface area contributed by atoms with E-state index in [9.17, 15) is 0 Å². The van der Waals surface area contributed by atoms with E-state index in [2.05, 4.69) is 19.9 Å². The van der Waals surface area contributed by atoms with Gasteiger partial charge in [0.15, 0.2) is 0 Å². The summed E-state index contributed by atoms with van der Waals surface area (Å²) in [6.07, 6.45) is 0.952. The average molecular weight is 177 g/mol. The molecule has 13 heavy (non-hydrogen) atoms. The third-order valence-electron chi connectivity index (χ3n) is 2.53. The Bertz CT molecular complexity index is 331. The van der Waals surface area contributed by atoms with Crippen molar-refractivity contribution in [1.29, 1.82) is 0 Å². The maximum atomic E-state index is 5.85. The lowest BCUT2D eigenvalue weighted by molar-refractivity contribution is -0.0397. The molecule has 0 aliphatic carbocycles. The van der Waals surface area contributed by atoms with E-state index in [0.29, 0.717) is 6.61 Å². The summed E-state index contributed by atoms with van der Waals surface area (Å²) in [5.41, 5.74) is 9.16. The molecule has 1 heterocycles. The quantitative estimate of drug-likeness (QED) is 0.616. The van der Waals surface area contributed by atoms with Gasteiger partial charge in [0.05, 0.1) is 12.2 Å². The number of anilines is 1. The van der Waals surface area contributed by atoms with Crippen LogP contribution in [0.5, 0.6) is 0 Å². The van der Waals surface area contributed by atoms with Crippen molar-refractivity contribution in [2.24, 2.45) is 0 Å². The van der Waals surface area contributed by atoms with Crippen LogP contribution in [0.4, 0.5) is 5.69 Å². The van der Waals surface area contributed by atoms with E-state index >= 15 is 0 Å². The second-order valence-corrected chi connectivity index (χ2v) is 4.21. The third-order valence-corrected chi connectivity index (χ3v) is 2.53. The van der Waals surface area contributed by atoms with Crippen molar-refractivity contribution < 1.29 is 4.74 Å². The molecule has 1 aromatic carbocycles. The molecule has 0 saturated carbocycles. The van der Waals surface area contributed by atoms with E-state index in [0.717, 1.165) is 12.1 Å². The lowest BCUT2D eigenvalue weighted by Gasteiger charge is -2.32. The Labute approximate surface area is 78.7 Å². The Balaban J connectivity index is 2.42. The molecule has 2 rings (SSSR count). The van der Waals surface area contributed by atoms with Crippen LogP contribution in [0.3, 0.4) is 0 Å². The van der Waals surface area contributed by atoms with Gasteiger partial charge in [0.1, 0.15) is 0 Å². The van der Waals surface area contributed by atoms with E-state index in [-0.39, 0.29) is 5.60 Å². The van der Waals surface area contributed by atoms with E-state index in [1.54, 1.807) is 0 Å². The van der Waals surface area contributed by atoms with Gasteiger partial charge in [0.25, 0.3) is 0 Å². The smallest absolute Gasteiger partial charge is 0.0747 e. The van der Waals surface area contributed by atoms with Crippen molar-refractivity contribution in [2.45, 2.75) is 32.5 Å². The fraction of sp³-hybridized carbons (Fsp3) is 0.455. The molecule has 1 aliphatic rings. The minimum atomic E-state index is -0.0409. The van der Waals surface area contributed by atoms with Gasteiger partial charge in [-0.1, -0.05) is 12.1 Å². The van der Waals surface area contributed by atoms with Crippen molar-refractivity contribution in [3.63, 3.8) is 0 Å². The van der Waals surface area contributed by atoms with Gasteiger partial charge in [0, 0.05) is 17.7 Å². The highest BCUT2D eigenvalue weighted by atomic mass is 16.5. The zero-order chi connectivity index (χ0) is 9.47. The van der Waals surface area contributed by atoms with Crippen LogP contribution >= 0.6 is 0 Å². The summed E-state index contributed by atoms with van der Waals surface area (Å²) in [6.45, 7) is 4.87. The van der Waals surface area contributed by atoms with Gasteiger partial charge in [-0.15, -0.1) is 0 Å². The highest BCUT2D eigenvalue weighted by Gasteiger charge is 2.26. The van der Waals surface area contributed by atoms with Gasteiger partial charge in [-0.05, 0) is 25.5 Å². The summed E-state index contributed by atoms with van der Waals surface area (Å²) in [5.74, 6) is 0. The van der Waals surface area contributed by atoms with E-state index in [1.165, 1.54) is 11.1 Å². The SMILES string of the molecule is CC1(C)Cc2cccc(N)c2CO1. The Morgan fingerprint density at radius 1 is 1.38 bits per heavy atom. The topological polar surface area (TPSA) is 35.2 Å². The number of hydrogen-bond acceptors (Lipinski definition) is 2. The maximum Gasteiger partial charge on any atom is 0.0747 e. The van der Waals surface area contributed by atoms with Gasteiger partial charge < -0.3 is 10.5 Å². The molecule has 2 nitrogen and oxygen atoms in total. The molecule has 0 aromatic heterocycles. The zero-order valence-corrected chi connectivity index (χ0v) is 8.13. The maximum absolute atomic E-state index is 5.85. The van der Waals surface area contributed by atoms with Crippen LogP contribution in [0.25, 0.3) is 0 Å². The van der Waals surface area contributed by atoms with E-state index in [1.807, 2.05) is 12.1 Å². The molecule has 2 N–H and O–H groups in total. The molecule has 0 radical (unpaired) electrons. The number of fused-ring (bicyclic) bond motifs is 1. The normalized spacial score (nSPS) is 19.5. The fourth-order valence-corrected chi connectivity index (χ4v) is 1.77. The van der Waals surface area contributed by atoms with Crippen LogP contribution in [-0.4, -0.2) is 5.60 Å². The minimum Gasteiger partial charge on any atom is -0.398 e. The zero-order valence-electron chi connectivity index (χ0n) is 8.13. The molecular weight excluding hydrogens is 162 g/mol. The lowest BCUT2D eigenvalue weighted by Crippen LogP contribution is -2.32. The molecule has 0 fully saturated rings. The second kappa shape index (κ2) is 2.74. The van der Waals surface area contributed by atoms with Gasteiger partial charge >= 0.3 is 0 Å². The molecule has 0 bridgehead atoms. The molecular formula is C11H15NO. The second-order valence-electron chi connectivity index (χ2n) is 4.21. The van der Waals surface area contributed by atoms with E-state index in [4.69, 9.17) is 10.5 Å². The van der Waals surface area contributed by atoms with E-state index < -0.39 is 0 Å². The third kappa shape index (κ3) is 1.54. The number of rotatable bonds is 0. The molecule has 0 amide bonds. The summed E-state index contributed by atoms with van der Waals surface area (Å²) in [6, 6.07) is 6.08. The van der Waals surface area contributed by atoms with Crippen LogP contribution in [-0.2, 0) is 17.8 Å². The van der Waals surface area contributed by atoms with Crippen molar-refractivity contribution in [3.8, 4) is 0 Å². The Morgan fingerprint density at radius 2 is 2.15 bits per heavy atom.